The molecule has 1 heterocycles. The fraction of sp³-hybridized carbons (Fsp3) is 0.500. The SMILES string of the molecule is CSCC[C@H](NC(=O)c1cccc2c1CCN(C)C2)C(=O)NCC(=O)NCC(=O)O. The van der Waals surface area contributed by atoms with Crippen LogP contribution < -0.4 is 16.0 Å². The maximum Gasteiger partial charge on any atom is 0.322 e. The highest BCUT2D eigenvalue weighted by atomic mass is 32.2. The molecule has 164 valence electrons. The molecule has 9 nitrogen and oxygen atoms in total. The van der Waals surface area contributed by atoms with E-state index in [1.54, 1.807) is 17.8 Å². The number of carboxylic acids is 1. The van der Waals surface area contributed by atoms with Crippen LogP contribution in [0.1, 0.15) is 27.9 Å². The molecule has 4 N–H and O–H groups in total. The number of benzene rings is 1. The first-order valence-electron chi connectivity index (χ1n) is 9.67. The molecule has 0 bridgehead atoms. The molecule has 1 aromatic rings. The summed E-state index contributed by atoms with van der Waals surface area (Å²) in [5, 5.41) is 16.0. The normalized spacial score (nSPS) is 14.3. The number of rotatable bonds is 10. The van der Waals surface area contributed by atoms with Crippen molar-refractivity contribution in [2.75, 3.05) is 38.7 Å². The second-order valence-electron chi connectivity index (χ2n) is 7.13. The fourth-order valence-corrected chi connectivity index (χ4v) is 3.70. The third kappa shape index (κ3) is 7.03. The Kier molecular flexibility index (Phi) is 9.13. The van der Waals surface area contributed by atoms with Crippen molar-refractivity contribution in [3.05, 3.63) is 34.9 Å². The minimum atomic E-state index is -1.17. The number of likely N-dealkylation sites (N-methyl/N-ethyl adjacent to an activating group) is 1. The summed E-state index contributed by atoms with van der Waals surface area (Å²) in [5.41, 5.74) is 2.68. The van der Waals surface area contributed by atoms with Gasteiger partial charge in [0, 0.05) is 18.7 Å². The molecule has 0 radical (unpaired) electrons. The van der Waals surface area contributed by atoms with Gasteiger partial charge >= 0.3 is 5.97 Å². The minimum absolute atomic E-state index is 0.312. The van der Waals surface area contributed by atoms with Gasteiger partial charge in [0.25, 0.3) is 5.91 Å². The average molecular weight is 437 g/mol. The second kappa shape index (κ2) is 11.6. The lowest BCUT2D eigenvalue weighted by atomic mass is 9.94. The van der Waals surface area contributed by atoms with Crippen molar-refractivity contribution < 1.29 is 24.3 Å². The maximum atomic E-state index is 12.9. The molecular formula is C20H28N4O5S. The molecule has 0 spiro atoms. The lowest BCUT2D eigenvalue weighted by Gasteiger charge is -2.27. The maximum absolute atomic E-state index is 12.9. The van der Waals surface area contributed by atoms with Crippen LogP contribution in [0.2, 0.25) is 0 Å². The van der Waals surface area contributed by atoms with Crippen molar-refractivity contribution in [1.29, 1.82) is 0 Å². The molecule has 30 heavy (non-hydrogen) atoms. The number of hydrogen-bond acceptors (Lipinski definition) is 6. The second-order valence-corrected chi connectivity index (χ2v) is 8.11. The number of carbonyl (C=O) groups excluding carboxylic acids is 3. The van der Waals surface area contributed by atoms with Crippen LogP contribution in [-0.2, 0) is 27.3 Å². The van der Waals surface area contributed by atoms with E-state index in [0.29, 0.717) is 17.7 Å². The molecule has 0 unspecified atom stereocenters. The zero-order valence-corrected chi connectivity index (χ0v) is 18.0. The number of amides is 3. The van der Waals surface area contributed by atoms with Crippen molar-refractivity contribution >= 4 is 35.5 Å². The zero-order chi connectivity index (χ0) is 22.1. The third-order valence-corrected chi connectivity index (χ3v) is 5.44. The monoisotopic (exact) mass is 436 g/mol. The predicted molar refractivity (Wildman–Crippen MR) is 114 cm³/mol. The summed E-state index contributed by atoms with van der Waals surface area (Å²) < 4.78 is 0. The first-order chi connectivity index (χ1) is 14.3. The molecule has 10 heteroatoms. The topological polar surface area (TPSA) is 128 Å². The van der Waals surface area contributed by atoms with Crippen LogP contribution in [0.15, 0.2) is 18.2 Å². The van der Waals surface area contributed by atoms with Crippen LogP contribution in [0, 0.1) is 0 Å². The van der Waals surface area contributed by atoms with Crippen LogP contribution in [-0.4, -0.2) is 78.4 Å². The number of aliphatic carboxylic acids is 1. The first-order valence-corrected chi connectivity index (χ1v) is 11.1. The lowest BCUT2D eigenvalue weighted by Crippen LogP contribution is -2.49. The van der Waals surface area contributed by atoms with Gasteiger partial charge in [-0.3, -0.25) is 19.2 Å². The molecule has 1 atom stereocenters. The smallest absolute Gasteiger partial charge is 0.322 e. The summed E-state index contributed by atoms with van der Waals surface area (Å²) in [6.45, 7) is 0.762. The number of hydrogen-bond donors (Lipinski definition) is 4. The van der Waals surface area contributed by atoms with E-state index in [4.69, 9.17) is 5.11 Å². The number of nitrogens with zero attached hydrogens (tertiary/aromatic N) is 1. The van der Waals surface area contributed by atoms with E-state index >= 15 is 0 Å². The quantitative estimate of drug-likeness (QED) is 0.401. The minimum Gasteiger partial charge on any atom is -0.480 e. The van der Waals surface area contributed by atoms with Crippen LogP contribution in [0.25, 0.3) is 0 Å². The molecular weight excluding hydrogens is 408 g/mol. The van der Waals surface area contributed by atoms with Crippen molar-refractivity contribution in [3.8, 4) is 0 Å². The summed E-state index contributed by atoms with van der Waals surface area (Å²) >= 11 is 1.55. The Labute approximate surface area is 180 Å². The van der Waals surface area contributed by atoms with Crippen molar-refractivity contribution in [2.45, 2.75) is 25.4 Å². The van der Waals surface area contributed by atoms with Gasteiger partial charge in [0.05, 0.1) is 6.54 Å². The number of thioether (sulfide) groups is 1. The van der Waals surface area contributed by atoms with Crippen LogP contribution in [0.4, 0.5) is 0 Å². The van der Waals surface area contributed by atoms with E-state index < -0.39 is 30.4 Å². The Morgan fingerprint density at radius 1 is 1.20 bits per heavy atom. The molecule has 1 aliphatic heterocycles. The van der Waals surface area contributed by atoms with Gasteiger partial charge < -0.3 is 26.0 Å². The van der Waals surface area contributed by atoms with E-state index in [0.717, 1.165) is 30.6 Å². The van der Waals surface area contributed by atoms with Crippen molar-refractivity contribution in [1.82, 2.24) is 20.9 Å². The summed E-state index contributed by atoms with van der Waals surface area (Å²) in [6.07, 6.45) is 3.08. The van der Waals surface area contributed by atoms with Gasteiger partial charge in [0.2, 0.25) is 11.8 Å². The Morgan fingerprint density at radius 3 is 2.67 bits per heavy atom. The molecule has 0 fully saturated rings. The van der Waals surface area contributed by atoms with Gasteiger partial charge in [-0.05, 0) is 49.1 Å². The van der Waals surface area contributed by atoms with Gasteiger partial charge in [0.15, 0.2) is 0 Å². The van der Waals surface area contributed by atoms with Gasteiger partial charge in [-0.15, -0.1) is 0 Å². The molecule has 0 aliphatic carbocycles. The van der Waals surface area contributed by atoms with E-state index in [9.17, 15) is 19.2 Å². The molecule has 0 saturated heterocycles. The molecule has 2 rings (SSSR count). The zero-order valence-electron chi connectivity index (χ0n) is 17.2. The highest BCUT2D eigenvalue weighted by molar-refractivity contribution is 7.98. The summed E-state index contributed by atoms with van der Waals surface area (Å²) in [5.74, 6) is -1.92. The summed E-state index contributed by atoms with van der Waals surface area (Å²) in [4.78, 5) is 49.8. The average Bonchev–Trinajstić information content (AvgIpc) is 2.72. The molecule has 3 amide bonds. The Morgan fingerprint density at radius 2 is 1.97 bits per heavy atom. The molecule has 0 aromatic heterocycles. The van der Waals surface area contributed by atoms with E-state index in [-0.39, 0.29) is 12.5 Å². The fourth-order valence-electron chi connectivity index (χ4n) is 3.23. The Bertz CT molecular complexity index is 801. The lowest BCUT2D eigenvalue weighted by molar-refractivity contribution is -0.137. The summed E-state index contributed by atoms with van der Waals surface area (Å²) in [6, 6.07) is 4.83. The predicted octanol–water partition coefficient (Wildman–Crippen LogP) is -0.157. The number of carboxylic acid groups (broad SMARTS) is 1. The standard InChI is InChI=1S/C20H28N4O5S/c1-24-8-6-14-13(12-24)4-3-5-15(14)19(28)23-16(7-9-30-2)20(29)22-10-17(25)21-11-18(26)27/h3-5,16H,6-12H2,1-2H3,(H,21,25)(H,22,29)(H,23,28)(H,26,27)/t16-/m0/s1. The number of carbonyl (C=O) groups is 4. The van der Waals surface area contributed by atoms with Crippen LogP contribution >= 0.6 is 11.8 Å². The van der Waals surface area contributed by atoms with Gasteiger partial charge in [0.1, 0.15) is 12.6 Å². The molecule has 1 aliphatic rings. The van der Waals surface area contributed by atoms with Crippen LogP contribution in [0.3, 0.4) is 0 Å². The Hall–Kier alpha value is -2.59. The number of nitrogens with one attached hydrogen (secondary N) is 3. The van der Waals surface area contributed by atoms with Crippen LogP contribution in [0.5, 0.6) is 0 Å². The largest absolute Gasteiger partial charge is 0.480 e. The van der Waals surface area contributed by atoms with E-state index in [2.05, 4.69) is 20.9 Å². The molecule has 0 saturated carbocycles. The summed E-state index contributed by atoms with van der Waals surface area (Å²) in [7, 11) is 2.03. The molecule has 1 aromatic carbocycles. The van der Waals surface area contributed by atoms with E-state index in [1.807, 2.05) is 25.4 Å². The highest BCUT2D eigenvalue weighted by Gasteiger charge is 2.25. The first kappa shape index (κ1) is 23.7. The van der Waals surface area contributed by atoms with Gasteiger partial charge in [-0.25, -0.2) is 0 Å². The highest BCUT2D eigenvalue weighted by Crippen LogP contribution is 2.22. The van der Waals surface area contributed by atoms with Gasteiger partial charge in [-0.1, -0.05) is 12.1 Å². The van der Waals surface area contributed by atoms with Crippen molar-refractivity contribution in [3.63, 3.8) is 0 Å². The van der Waals surface area contributed by atoms with Gasteiger partial charge in [-0.2, -0.15) is 11.8 Å². The third-order valence-electron chi connectivity index (χ3n) is 4.79. The van der Waals surface area contributed by atoms with Crippen molar-refractivity contribution in [2.24, 2.45) is 0 Å². The number of fused-ring (bicyclic) bond motifs is 1. The Balaban J connectivity index is 2.02. The van der Waals surface area contributed by atoms with E-state index in [1.165, 1.54) is 0 Å².